The highest BCUT2D eigenvalue weighted by Crippen LogP contribution is 2.31. The molecule has 35 heavy (non-hydrogen) atoms. The first kappa shape index (κ1) is 23.2. The molecule has 0 aliphatic carbocycles. The second-order valence-corrected chi connectivity index (χ2v) is 7.91. The molecule has 1 N–H and O–H groups in total. The summed E-state index contributed by atoms with van der Waals surface area (Å²) in [5.41, 5.74) is 2.67. The van der Waals surface area contributed by atoms with Crippen LogP contribution in [0.2, 0.25) is 0 Å². The van der Waals surface area contributed by atoms with Crippen molar-refractivity contribution < 1.29 is 14.5 Å². The Hall–Kier alpha value is -4.96. The summed E-state index contributed by atoms with van der Waals surface area (Å²) in [6.07, 6.45) is 1.51. The maximum Gasteiger partial charge on any atom is 0.269 e. The van der Waals surface area contributed by atoms with E-state index < -0.39 is 10.8 Å². The summed E-state index contributed by atoms with van der Waals surface area (Å²) in [6.45, 7) is 2.00. The van der Waals surface area contributed by atoms with Crippen molar-refractivity contribution in [3.05, 3.63) is 117 Å². The van der Waals surface area contributed by atoms with Gasteiger partial charge in [0.1, 0.15) is 24.0 Å². The van der Waals surface area contributed by atoms with Crippen LogP contribution in [-0.2, 0) is 11.4 Å². The number of aryl methyl sites for hydroxylation is 1. The Morgan fingerprint density at radius 3 is 2.63 bits per heavy atom. The van der Waals surface area contributed by atoms with Crippen molar-refractivity contribution in [2.45, 2.75) is 13.5 Å². The number of fused-ring (bicyclic) bond motifs is 1. The van der Waals surface area contributed by atoms with Crippen LogP contribution in [0, 0.1) is 28.4 Å². The Bertz CT molecular complexity index is 1500. The van der Waals surface area contributed by atoms with Crippen molar-refractivity contribution >= 4 is 34.1 Å². The van der Waals surface area contributed by atoms with Gasteiger partial charge in [-0.1, -0.05) is 54.6 Å². The molecule has 0 heterocycles. The van der Waals surface area contributed by atoms with Crippen molar-refractivity contribution in [3.8, 4) is 11.8 Å². The smallest absolute Gasteiger partial charge is 0.269 e. The molecule has 0 unspecified atom stereocenters. The molecule has 7 heteroatoms. The van der Waals surface area contributed by atoms with Gasteiger partial charge in [0.05, 0.1) is 4.92 Å². The second kappa shape index (κ2) is 10.3. The predicted molar refractivity (Wildman–Crippen MR) is 135 cm³/mol. The lowest BCUT2D eigenvalue weighted by Crippen LogP contribution is -2.13. The first-order chi connectivity index (χ1) is 16.9. The number of carbonyl (C=O) groups excluding carboxylic acids is 1. The molecule has 0 spiro atoms. The van der Waals surface area contributed by atoms with Crippen LogP contribution in [0.15, 0.2) is 90.5 Å². The zero-order valence-corrected chi connectivity index (χ0v) is 18.9. The number of nitro benzene ring substituents is 1. The maximum absolute atomic E-state index is 12.9. The normalized spacial score (nSPS) is 11.0. The van der Waals surface area contributed by atoms with Crippen LogP contribution >= 0.6 is 0 Å². The van der Waals surface area contributed by atoms with Crippen molar-refractivity contribution in [3.63, 3.8) is 0 Å². The first-order valence-electron chi connectivity index (χ1n) is 10.8. The van der Waals surface area contributed by atoms with Crippen molar-refractivity contribution in [2.24, 2.45) is 0 Å². The van der Waals surface area contributed by atoms with Crippen LogP contribution in [0.3, 0.4) is 0 Å². The summed E-state index contributed by atoms with van der Waals surface area (Å²) in [5.74, 6) is -0.0815. The van der Waals surface area contributed by atoms with Gasteiger partial charge < -0.3 is 10.1 Å². The molecule has 0 radical (unpaired) electrons. The molecule has 0 aliphatic rings. The summed E-state index contributed by atoms with van der Waals surface area (Å²) in [7, 11) is 0. The van der Waals surface area contributed by atoms with Gasteiger partial charge in [-0.25, -0.2) is 0 Å². The third-order valence-electron chi connectivity index (χ3n) is 5.38. The van der Waals surface area contributed by atoms with E-state index in [-0.39, 0.29) is 17.9 Å². The molecule has 0 bridgehead atoms. The van der Waals surface area contributed by atoms with Gasteiger partial charge >= 0.3 is 0 Å². The Balaban J connectivity index is 1.69. The van der Waals surface area contributed by atoms with Gasteiger partial charge in [0.25, 0.3) is 11.6 Å². The minimum atomic E-state index is -0.532. The molecule has 0 fully saturated rings. The van der Waals surface area contributed by atoms with E-state index in [0.29, 0.717) is 22.6 Å². The SMILES string of the molecule is Cc1cccc(NC(=O)/C(C#N)=C/c2c(OCc3cccc([N+](=O)[O-])c3)ccc3ccccc23)c1. The molecule has 0 aromatic heterocycles. The third-order valence-corrected chi connectivity index (χ3v) is 5.38. The van der Waals surface area contributed by atoms with Gasteiger partial charge in [-0.15, -0.1) is 0 Å². The number of amides is 1. The number of nitriles is 1. The average Bonchev–Trinajstić information content (AvgIpc) is 2.86. The van der Waals surface area contributed by atoms with E-state index in [1.807, 2.05) is 61.5 Å². The van der Waals surface area contributed by atoms with Gasteiger partial charge in [-0.3, -0.25) is 14.9 Å². The number of non-ortho nitro benzene ring substituents is 1. The van der Waals surface area contributed by atoms with Gasteiger partial charge in [0, 0.05) is 23.4 Å². The lowest BCUT2D eigenvalue weighted by atomic mass is 10.0. The van der Waals surface area contributed by atoms with Crippen LogP contribution in [0.4, 0.5) is 11.4 Å². The van der Waals surface area contributed by atoms with Gasteiger partial charge in [0.15, 0.2) is 0 Å². The minimum absolute atomic E-state index is 0.0238. The zero-order valence-electron chi connectivity index (χ0n) is 18.9. The summed E-state index contributed by atoms with van der Waals surface area (Å²) >= 11 is 0. The Morgan fingerprint density at radius 2 is 1.86 bits per heavy atom. The Kier molecular flexibility index (Phi) is 6.84. The molecular formula is C28H21N3O4. The predicted octanol–water partition coefficient (Wildman–Crippen LogP) is 6.18. The number of nitrogens with zero attached hydrogens (tertiary/aromatic N) is 2. The number of ether oxygens (including phenoxy) is 1. The monoisotopic (exact) mass is 463 g/mol. The number of nitrogens with one attached hydrogen (secondary N) is 1. The number of carbonyl (C=O) groups is 1. The molecule has 0 saturated heterocycles. The van der Waals surface area contributed by atoms with Gasteiger partial charge in [-0.05, 0) is 53.1 Å². The number of anilines is 1. The fourth-order valence-electron chi connectivity index (χ4n) is 3.69. The van der Waals surface area contributed by atoms with Crippen molar-refractivity contribution in [1.82, 2.24) is 0 Å². The highest BCUT2D eigenvalue weighted by atomic mass is 16.6. The summed E-state index contributed by atoms with van der Waals surface area (Å²) in [4.78, 5) is 23.5. The van der Waals surface area contributed by atoms with E-state index in [9.17, 15) is 20.2 Å². The quantitative estimate of drug-likeness (QED) is 0.152. The topological polar surface area (TPSA) is 105 Å². The molecule has 1 amide bonds. The molecule has 4 aromatic carbocycles. The van der Waals surface area contributed by atoms with Gasteiger partial charge in [-0.2, -0.15) is 5.26 Å². The molecule has 172 valence electrons. The Labute approximate surface area is 202 Å². The van der Waals surface area contributed by atoms with Crippen molar-refractivity contribution in [2.75, 3.05) is 5.32 Å². The molecule has 0 atom stereocenters. The number of rotatable bonds is 7. The van der Waals surface area contributed by atoms with Crippen LogP contribution in [0.1, 0.15) is 16.7 Å². The van der Waals surface area contributed by atoms with E-state index in [1.165, 1.54) is 18.2 Å². The summed E-state index contributed by atoms with van der Waals surface area (Å²) in [6, 6.07) is 26.7. The fourth-order valence-corrected chi connectivity index (χ4v) is 3.69. The van der Waals surface area contributed by atoms with E-state index in [0.717, 1.165) is 16.3 Å². The first-order valence-corrected chi connectivity index (χ1v) is 10.8. The minimum Gasteiger partial charge on any atom is -0.488 e. The van der Waals surface area contributed by atoms with Crippen LogP contribution in [0.5, 0.6) is 5.75 Å². The molecule has 4 rings (SSSR count). The van der Waals surface area contributed by atoms with E-state index in [1.54, 1.807) is 24.3 Å². The standard InChI is InChI=1S/C28H21N3O4/c1-19-6-4-9-23(14-19)30-28(32)22(17-29)16-26-25-11-3-2-8-21(25)12-13-27(26)35-18-20-7-5-10-24(15-20)31(33)34/h2-16H,18H2,1H3,(H,30,32)/b22-16+. The van der Waals surface area contributed by atoms with Crippen LogP contribution in [0.25, 0.3) is 16.8 Å². The fraction of sp³-hybridized carbons (Fsp3) is 0.0714. The highest BCUT2D eigenvalue weighted by Gasteiger charge is 2.14. The third kappa shape index (κ3) is 5.52. The lowest BCUT2D eigenvalue weighted by Gasteiger charge is -2.13. The Morgan fingerprint density at radius 1 is 1.06 bits per heavy atom. The number of hydrogen-bond donors (Lipinski definition) is 1. The number of hydrogen-bond acceptors (Lipinski definition) is 5. The van der Waals surface area contributed by atoms with E-state index >= 15 is 0 Å². The lowest BCUT2D eigenvalue weighted by molar-refractivity contribution is -0.384. The van der Waals surface area contributed by atoms with Crippen LogP contribution < -0.4 is 10.1 Å². The molecular weight excluding hydrogens is 442 g/mol. The van der Waals surface area contributed by atoms with Crippen molar-refractivity contribution in [1.29, 1.82) is 5.26 Å². The number of benzene rings is 4. The average molecular weight is 463 g/mol. The van der Waals surface area contributed by atoms with Gasteiger partial charge in [0.2, 0.25) is 0 Å². The van der Waals surface area contributed by atoms with E-state index in [4.69, 9.17) is 4.74 Å². The molecule has 7 nitrogen and oxygen atoms in total. The van der Waals surface area contributed by atoms with E-state index in [2.05, 4.69) is 5.32 Å². The molecule has 4 aromatic rings. The molecule has 0 aliphatic heterocycles. The maximum atomic E-state index is 12.9. The number of nitro groups is 1. The van der Waals surface area contributed by atoms with Crippen LogP contribution in [-0.4, -0.2) is 10.8 Å². The molecule has 0 saturated carbocycles. The summed E-state index contributed by atoms with van der Waals surface area (Å²) in [5, 5.41) is 25.3. The second-order valence-electron chi connectivity index (χ2n) is 7.91. The summed E-state index contributed by atoms with van der Waals surface area (Å²) < 4.78 is 6.02. The largest absolute Gasteiger partial charge is 0.488 e. The highest BCUT2D eigenvalue weighted by molar-refractivity contribution is 6.11. The zero-order chi connectivity index (χ0) is 24.8.